The quantitative estimate of drug-likeness (QED) is 0.944. The molecular formula is C15H16ClN3O. The van der Waals surface area contributed by atoms with E-state index in [1.165, 1.54) is 6.20 Å². The van der Waals surface area contributed by atoms with Crippen molar-refractivity contribution in [1.82, 2.24) is 9.88 Å². The van der Waals surface area contributed by atoms with Gasteiger partial charge in [0.2, 0.25) is 0 Å². The minimum absolute atomic E-state index is 0.0845. The van der Waals surface area contributed by atoms with Crippen LogP contribution in [0.25, 0.3) is 0 Å². The van der Waals surface area contributed by atoms with E-state index in [1.807, 2.05) is 31.2 Å². The molecule has 1 atom stereocenters. The van der Waals surface area contributed by atoms with Crippen LogP contribution in [0.5, 0.6) is 0 Å². The molecule has 0 fully saturated rings. The molecule has 1 amide bonds. The summed E-state index contributed by atoms with van der Waals surface area (Å²) in [6.07, 6.45) is 1.48. The van der Waals surface area contributed by atoms with Crippen LogP contribution in [0, 0.1) is 0 Å². The Morgan fingerprint density at radius 3 is 2.70 bits per heavy atom. The number of amides is 1. The number of halogens is 1. The van der Waals surface area contributed by atoms with Gasteiger partial charge in [-0.2, -0.15) is 0 Å². The highest BCUT2D eigenvalue weighted by Gasteiger charge is 2.19. The van der Waals surface area contributed by atoms with Crippen LogP contribution in [0.2, 0.25) is 5.02 Å². The summed E-state index contributed by atoms with van der Waals surface area (Å²) in [6.45, 7) is 1.95. The number of nitrogen functional groups attached to an aromatic ring is 1. The van der Waals surface area contributed by atoms with Gasteiger partial charge >= 0.3 is 0 Å². The Bertz CT molecular complexity index is 613. The topological polar surface area (TPSA) is 59.2 Å². The molecule has 0 aliphatic heterocycles. The SMILES string of the molecule is CC(c1cccc(Cl)c1)N(C)C(=O)c1ccc(N)nc1. The molecule has 1 heterocycles. The van der Waals surface area contributed by atoms with Crippen LogP contribution in [0.15, 0.2) is 42.6 Å². The molecule has 2 rings (SSSR count). The van der Waals surface area contributed by atoms with Crippen molar-refractivity contribution in [3.63, 3.8) is 0 Å². The summed E-state index contributed by atoms with van der Waals surface area (Å²) < 4.78 is 0. The predicted octanol–water partition coefficient (Wildman–Crippen LogP) is 3.15. The van der Waals surface area contributed by atoms with Crippen molar-refractivity contribution in [3.8, 4) is 0 Å². The highest BCUT2D eigenvalue weighted by molar-refractivity contribution is 6.30. The summed E-state index contributed by atoms with van der Waals surface area (Å²) in [5.74, 6) is 0.289. The fourth-order valence-electron chi connectivity index (χ4n) is 1.90. The number of rotatable bonds is 3. The van der Waals surface area contributed by atoms with E-state index in [0.29, 0.717) is 16.4 Å². The second-order valence-corrected chi connectivity index (χ2v) is 5.06. The van der Waals surface area contributed by atoms with Gasteiger partial charge in [0.25, 0.3) is 5.91 Å². The lowest BCUT2D eigenvalue weighted by Gasteiger charge is -2.25. The van der Waals surface area contributed by atoms with E-state index >= 15 is 0 Å². The summed E-state index contributed by atoms with van der Waals surface area (Å²) in [5.41, 5.74) is 7.01. The van der Waals surface area contributed by atoms with Crippen molar-refractivity contribution >= 4 is 23.3 Å². The molecule has 0 spiro atoms. The molecule has 5 heteroatoms. The Morgan fingerprint density at radius 1 is 1.35 bits per heavy atom. The number of hydrogen-bond donors (Lipinski definition) is 1. The predicted molar refractivity (Wildman–Crippen MR) is 80.6 cm³/mol. The molecule has 1 unspecified atom stereocenters. The van der Waals surface area contributed by atoms with Gasteiger partial charge in [-0.3, -0.25) is 4.79 Å². The van der Waals surface area contributed by atoms with Crippen LogP contribution < -0.4 is 5.73 Å². The zero-order valence-corrected chi connectivity index (χ0v) is 12.1. The van der Waals surface area contributed by atoms with E-state index in [4.69, 9.17) is 17.3 Å². The molecule has 0 aliphatic rings. The van der Waals surface area contributed by atoms with Gasteiger partial charge in [-0.1, -0.05) is 23.7 Å². The van der Waals surface area contributed by atoms with Crippen molar-refractivity contribution in [1.29, 1.82) is 0 Å². The Kier molecular flexibility index (Phi) is 4.25. The Morgan fingerprint density at radius 2 is 2.10 bits per heavy atom. The van der Waals surface area contributed by atoms with Crippen LogP contribution in [0.1, 0.15) is 28.9 Å². The number of anilines is 1. The normalized spacial score (nSPS) is 11.9. The molecule has 1 aromatic heterocycles. The number of nitrogens with zero attached hydrogens (tertiary/aromatic N) is 2. The van der Waals surface area contributed by atoms with Crippen LogP contribution in [0.4, 0.5) is 5.82 Å². The average molecular weight is 290 g/mol. The molecule has 4 nitrogen and oxygen atoms in total. The van der Waals surface area contributed by atoms with Crippen molar-refractivity contribution in [2.75, 3.05) is 12.8 Å². The third-order valence-electron chi connectivity index (χ3n) is 3.27. The molecule has 0 aliphatic carbocycles. The Balaban J connectivity index is 2.20. The lowest BCUT2D eigenvalue weighted by molar-refractivity contribution is 0.0742. The maximum atomic E-state index is 12.4. The highest BCUT2D eigenvalue weighted by Crippen LogP contribution is 2.23. The fraction of sp³-hybridized carbons (Fsp3) is 0.200. The van der Waals surface area contributed by atoms with Crippen LogP contribution >= 0.6 is 11.6 Å². The second kappa shape index (κ2) is 5.92. The van der Waals surface area contributed by atoms with Crippen LogP contribution in [0.3, 0.4) is 0 Å². The third-order valence-corrected chi connectivity index (χ3v) is 3.50. The lowest BCUT2D eigenvalue weighted by Crippen LogP contribution is -2.29. The molecule has 1 aromatic carbocycles. The number of benzene rings is 1. The molecule has 0 saturated carbocycles. The Hall–Kier alpha value is -2.07. The molecule has 0 saturated heterocycles. The summed E-state index contributed by atoms with van der Waals surface area (Å²) in [5, 5.41) is 0.657. The first kappa shape index (κ1) is 14.3. The molecule has 0 bridgehead atoms. The molecule has 104 valence electrons. The van der Waals surface area contributed by atoms with Gasteiger partial charge in [-0.05, 0) is 36.8 Å². The zero-order chi connectivity index (χ0) is 14.7. The third kappa shape index (κ3) is 3.08. The minimum atomic E-state index is -0.107. The van der Waals surface area contributed by atoms with Gasteiger partial charge < -0.3 is 10.6 Å². The van der Waals surface area contributed by atoms with E-state index in [0.717, 1.165) is 5.56 Å². The van der Waals surface area contributed by atoms with Crippen molar-refractivity contribution in [2.24, 2.45) is 0 Å². The first-order valence-electron chi connectivity index (χ1n) is 6.23. The van der Waals surface area contributed by atoms with Crippen molar-refractivity contribution in [2.45, 2.75) is 13.0 Å². The summed E-state index contributed by atoms with van der Waals surface area (Å²) in [7, 11) is 1.75. The lowest BCUT2D eigenvalue weighted by atomic mass is 10.1. The molecular weight excluding hydrogens is 274 g/mol. The number of carbonyl (C=O) groups excluding carboxylic acids is 1. The van der Waals surface area contributed by atoms with E-state index in [9.17, 15) is 4.79 Å². The number of pyridine rings is 1. The first-order valence-corrected chi connectivity index (χ1v) is 6.61. The smallest absolute Gasteiger partial charge is 0.255 e. The van der Waals surface area contributed by atoms with Gasteiger partial charge in [0, 0.05) is 18.3 Å². The van der Waals surface area contributed by atoms with Crippen LogP contribution in [-0.2, 0) is 0 Å². The van der Waals surface area contributed by atoms with E-state index < -0.39 is 0 Å². The molecule has 0 radical (unpaired) electrons. The average Bonchev–Trinajstić information content (AvgIpc) is 2.46. The van der Waals surface area contributed by atoms with Crippen molar-refractivity contribution in [3.05, 3.63) is 58.7 Å². The van der Waals surface area contributed by atoms with E-state index in [1.54, 1.807) is 24.1 Å². The number of aromatic nitrogens is 1. The van der Waals surface area contributed by atoms with E-state index in [2.05, 4.69) is 4.98 Å². The van der Waals surface area contributed by atoms with E-state index in [-0.39, 0.29) is 11.9 Å². The molecule has 2 N–H and O–H groups in total. The summed E-state index contributed by atoms with van der Waals surface area (Å²) in [4.78, 5) is 18.0. The van der Waals surface area contributed by atoms with Gasteiger partial charge in [0.05, 0.1) is 11.6 Å². The van der Waals surface area contributed by atoms with Crippen molar-refractivity contribution < 1.29 is 4.79 Å². The fourth-order valence-corrected chi connectivity index (χ4v) is 2.10. The standard InChI is InChI=1S/C15H16ClN3O/c1-10(11-4-3-5-13(16)8-11)19(2)15(20)12-6-7-14(17)18-9-12/h3-10H,1-2H3,(H2,17,18). The maximum absolute atomic E-state index is 12.4. The number of carbonyl (C=O) groups is 1. The second-order valence-electron chi connectivity index (χ2n) is 4.62. The summed E-state index contributed by atoms with van der Waals surface area (Å²) >= 11 is 5.98. The minimum Gasteiger partial charge on any atom is -0.384 e. The Labute approximate surface area is 123 Å². The highest BCUT2D eigenvalue weighted by atomic mass is 35.5. The monoisotopic (exact) mass is 289 g/mol. The van der Waals surface area contributed by atoms with Gasteiger partial charge in [-0.15, -0.1) is 0 Å². The van der Waals surface area contributed by atoms with Gasteiger partial charge in [0.1, 0.15) is 5.82 Å². The van der Waals surface area contributed by atoms with Crippen LogP contribution in [-0.4, -0.2) is 22.8 Å². The van der Waals surface area contributed by atoms with Gasteiger partial charge in [0.15, 0.2) is 0 Å². The zero-order valence-electron chi connectivity index (χ0n) is 11.4. The van der Waals surface area contributed by atoms with Gasteiger partial charge in [-0.25, -0.2) is 4.98 Å². The number of nitrogens with two attached hydrogens (primary N) is 1. The first-order chi connectivity index (χ1) is 9.49. The maximum Gasteiger partial charge on any atom is 0.255 e. The summed E-state index contributed by atoms with van der Waals surface area (Å²) in [6, 6.07) is 10.7. The largest absolute Gasteiger partial charge is 0.384 e. The molecule has 20 heavy (non-hydrogen) atoms. The molecule has 2 aromatic rings. The number of hydrogen-bond acceptors (Lipinski definition) is 3.